The van der Waals surface area contributed by atoms with Crippen LogP contribution in [0.1, 0.15) is 21.5 Å². The van der Waals surface area contributed by atoms with Crippen LogP contribution in [-0.4, -0.2) is 45.4 Å². The first-order chi connectivity index (χ1) is 17.2. The van der Waals surface area contributed by atoms with Gasteiger partial charge in [-0.1, -0.05) is 12.1 Å². The molecule has 0 aliphatic carbocycles. The summed E-state index contributed by atoms with van der Waals surface area (Å²) in [4.78, 5) is 36.6. The van der Waals surface area contributed by atoms with Gasteiger partial charge in [0.2, 0.25) is 0 Å². The van der Waals surface area contributed by atoms with Crippen LogP contribution in [0.4, 0.5) is 0 Å². The van der Waals surface area contributed by atoms with Crippen molar-refractivity contribution in [2.45, 2.75) is 0 Å². The number of carbonyl (C=O) groups is 3. The van der Waals surface area contributed by atoms with Crippen LogP contribution in [0.3, 0.4) is 0 Å². The van der Waals surface area contributed by atoms with E-state index in [4.69, 9.17) is 9.47 Å². The van der Waals surface area contributed by atoms with Crippen LogP contribution < -0.4 is 9.47 Å². The molecule has 0 heterocycles. The minimum Gasteiger partial charge on any atom is -0.504 e. The van der Waals surface area contributed by atoms with Crippen LogP contribution in [0.15, 0.2) is 66.7 Å². The lowest BCUT2D eigenvalue weighted by Crippen LogP contribution is -2.10. The zero-order valence-electron chi connectivity index (χ0n) is 18.7. The smallest absolute Gasteiger partial charge is 0.337 e. The molecule has 0 saturated heterocycles. The third-order valence-corrected chi connectivity index (χ3v) is 4.61. The van der Waals surface area contributed by atoms with E-state index in [0.717, 1.165) is 18.2 Å². The third-order valence-electron chi connectivity index (χ3n) is 4.61. The first-order valence-corrected chi connectivity index (χ1v) is 10.2. The number of phenolic OH excluding ortho intramolecular Hbond substituents is 4. The minimum atomic E-state index is -0.892. The average molecular weight is 492 g/mol. The van der Waals surface area contributed by atoms with E-state index in [1.807, 2.05) is 0 Å². The number of aromatic hydroxyl groups is 4. The van der Waals surface area contributed by atoms with Crippen molar-refractivity contribution < 1.29 is 49.0 Å². The van der Waals surface area contributed by atoms with Gasteiger partial charge in [-0.3, -0.25) is 0 Å². The fraction of sp³-hybridized carbons (Fsp3) is 0.0385. The summed E-state index contributed by atoms with van der Waals surface area (Å²) in [7, 11) is 1.17. The van der Waals surface area contributed by atoms with Gasteiger partial charge in [-0.2, -0.15) is 0 Å². The number of benzene rings is 3. The maximum absolute atomic E-state index is 12.4. The molecule has 36 heavy (non-hydrogen) atoms. The van der Waals surface area contributed by atoms with Crippen molar-refractivity contribution in [2.75, 3.05) is 7.11 Å². The molecule has 0 radical (unpaired) electrons. The quantitative estimate of drug-likeness (QED) is 0.166. The van der Waals surface area contributed by atoms with Crippen molar-refractivity contribution in [3.05, 3.63) is 83.4 Å². The lowest BCUT2D eigenvalue weighted by molar-refractivity contribution is -0.131. The maximum atomic E-state index is 12.4. The highest BCUT2D eigenvalue weighted by molar-refractivity contribution is 5.93. The molecule has 0 unspecified atom stereocenters. The molecule has 10 heteroatoms. The van der Waals surface area contributed by atoms with Gasteiger partial charge in [-0.25, -0.2) is 14.4 Å². The van der Waals surface area contributed by atoms with E-state index in [2.05, 4.69) is 4.74 Å². The van der Waals surface area contributed by atoms with Crippen molar-refractivity contribution >= 4 is 30.1 Å². The van der Waals surface area contributed by atoms with Crippen molar-refractivity contribution in [1.82, 2.24) is 0 Å². The number of esters is 3. The Labute approximate surface area is 204 Å². The van der Waals surface area contributed by atoms with Gasteiger partial charge in [0, 0.05) is 12.2 Å². The lowest BCUT2D eigenvalue weighted by atomic mass is 10.2. The van der Waals surface area contributed by atoms with E-state index in [0.29, 0.717) is 11.1 Å². The zero-order valence-corrected chi connectivity index (χ0v) is 18.7. The largest absolute Gasteiger partial charge is 0.504 e. The monoisotopic (exact) mass is 492 g/mol. The van der Waals surface area contributed by atoms with Crippen LogP contribution in [0.5, 0.6) is 34.5 Å². The molecule has 0 aliphatic heterocycles. The number of hydrogen-bond acceptors (Lipinski definition) is 10. The molecule has 0 fully saturated rings. The Hall–Kier alpha value is -5.25. The van der Waals surface area contributed by atoms with Gasteiger partial charge in [0.1, 0.15) is 0 Å². The Morgan fingerprint density at radius 1 is 0.639 bits per heavy atom. The Balaban J connectivity index is 1.79. The van der Waals surface area contributed by atoms with Crippen LogP contribution in [0.25, 0.3) is 12.2 Å². The van der Waals surface area contributed by atoms with E-state index in [9.17, 15) is 34.8 Å². The van der Waals surface area contributed by atoms with E-state index in [1.54, 1.807) is 0 Å². The van der Waals surface area contributed by atoms with E-state index in [1.165, 1.54) is 67.8 Å². The highest BCUT2D eigenvalue weighted by Gasteiger charge is 2.16. The van der Waals surface area contributed by atoms with Gasteiger partial charge in [0.15, 0.2) is 34.5 Å². The van der Waals surface area contributed by atoms with Crippen molar-refractivity contribution in [3.63, 3.8) is 0 Å². The summed E-state index contributed by atoms with van der Waals surface area (Å²) in [6.07, 6.45) is 4.71. The summed E-state index contributed by atoms with van der Waals surface area (Å²) in [5.74, 6) is -4.26. The first-order valence-electron chi connectivity index (χ1n) is 10.2. The van der Waals surface area contributed by atoms with Crippen molar-refractivity contribution in [2.24, 2.45) is 0 Å². The molecule has 3 aromatic carbocycles. The molecule has 10 nitrogen and oxygen atoms in total. The fourth-order valence-electron chi connectivity index (χ4n) is 2.82. The highest BCUT2D eigenvalue weighted by Crippen LogP contribution is 2.30. The van der Waals surface area contributed by atoms with Gasteiger partial charge in [0.25, 0.3) is 0 Å². The summed E-state index contributed by atoms with van der Waals surface area (Å²) < 4.78 is 15.1. The molecule has 0 aliphatic rings. The van der Waals surface area contributed by atoms with Crippen LogP contribution in [0, 0.1) is 0 Å². The molecule has 0 spiro atoms. The normalized spacial score (nSPS) is 10.9. The van der Waals surface area contributed by atoms with E-state index >= 15 is 0 Å². The molecular formula is C26H20O10. The summed E-state index contributed by atoms with van der Waals surface area (Å²) in [5.41, 5.74) is 0.825. The Kier molecular flexibility index (Phi) is 7.93. The topological polar surface area (TPSA) is 160 Å². The number of hydrogen-bond donors (Lipinski definition) is 4. The van der Waals surface area contributed by atoms with Gasteiger partial charge in [-0.05, 0) is 65.7 Å². The SMILES string of the molecule is COC(=O)c1ccc(OC(=O)/C=C/c2ccc(O)c(O)c2)c(OC(=O)/C=C/c2ccc(O)c(O)c2)c1. The second kappa shape index (κ2) is 11.3. The second-order valence-corrected chi connectivity index (χ2v) is 7.16. The van der Waals surface area contributed by atoms with E-state index < -0.39 is 17.9 Å². The molecular weight excluding hydrogens is 472 g/mol. The summed E-state index contributed by atoms with van der Waals surface area (Å²) in [6.45, 7) is 0. The van der Waals surface area contributed by atoms with Crippen LogP contribution in [0.2, 0.25) is 0 Å². The highest BCUT2D eigenvalue weighted by atomic mass is 16.6. The predicted octanol–water partition coefficient (Wildman–Crippen LogP) is 3.53. The van der Waals surface area contributed by atoms with Crippen LogP contribution in [-0.2, 0) is 14.3 Å². The van der Waals surface area contributed by atoms with Crippen molar-refractivity contribution in [3.8, 4) is 34.5 Å². The van der Waals surface area contributed by atoms with Gasteiger partial charge in [0.05, 0.1) is 12.7 Å². The minimum absolute atomic E-state index is 0.0302. The average Bonchev–Trinajstić information content (AvgIpc) is 2.86. The number of rotatable bonds is 7. The molecule has 184 valence electrons. The number of methoxy groups -OCH3 is 1. The number of phenols is 4. The van der Waals surface area contributed by atoms with Gasteiger partial charge in [-0.15, -0.1) is 0 Å². The fourth-order valence-corrected chi connectivity index (χ4v) is 2.82. The van der Waals surface area contributed by atoms with Gasteiger partial charge < -0.3 is 34.6 Å². The molecule has 0 amide bonds. The van der Waals surface area contributed by atoms with E-state index in [-0.39, 0.29) is 40.1 Å². The predicted molar refractivity (Wildman–Crippen MR) is 127 cm³/mol. The molecule has 3 aromatic rings. The lowest BCUT2D eigenvalue weighted by Gasteiger charge is -2.10. The molecule has 0 atom stereocenters. The maximum Gasteiger partial charge on any atom is 0.337 e. The van der Waals surface area contributed by atoms with Crippen molar-refractivity contribution in [1.29, 1.82) is 0 Å². The molecule has 0 bridgehead atoms. The standard InChI is InChI=1S/C26H20O10/c1-34-26(33)17-6-9-22(35-24(31)10-4-15-2-7-18(27)20(29)12-15)23(14-17)36-25(32)11-5-16-3-8-19(28)21(30)13-16/h2-14,27-30H,1H3/b10-4+,11-5+. The Morgan fingerprint density at radius 3 is 1.61 bits per heavy atom. The third kappa shape index (κ3) is 6.64. The number of carbonyl (C=O) groups excluding carboxylic acids is 3. The summed E-state index contributed by atoms with van der Waals surface area (Å²) in [5, 5.41) is 37.8. The summed E-state index contributed by atoms with van der Waals surface area (Å²) >= 11 is 0. The van der Waals surface area contributed by atoms with Crippen LogP contribution >= 0.6 is 0 Å². The number of ether oxygens (including phenoxy) is 3. The Morgan fingerprint density at radius 2 is 1.14 bits per heavy atom. The molecule has 3 rings (SSSR count). The molecule has 4 N–H and O–H groups in total. The first kappa shape index (κ1) is 25.4. The molecule has 0 saturated carbocycles. The molecule has 0 aromatic heterocycles. The summed E-state index contributed by atoms with van der Waals surface area (Å²) in [6, 6.07) is 11.6. The zero-order chi connectivity index (χ0) is 26.2. The Bertz CT molecular complexity index is 1370. The second-order valence-electron chi connectivity index (χ2n) is 7.16. The van der Waals surface area contributed by atoms with Gasteiger partial charge >= 0.3 is 17.9 Å².